The maximum Gasteiger partial charge on any atom is 0.411 e. The van der Waals surface area contributed by atoms with Gasteiger partial charge in [-0.15, -0.1) is 0 Å². The van der Waals surface area contributed by atoms with Gasteiger partial charge in [0, 0.05) is 68.7 Å². The van der Waals surface area contributed by atoms with Gasteiger partial charge in [0.15, 0.2) is 0 Å². The van der Waals surface area contributed by atoms with Crippen molar-refractivity contribution in [1.82, 2.24) is 25.8 Å². The zero-order valence-corrected chi connectivity index (χ0v) is 36.7. The number of H-pyrrole nitrogens is 1. The number of amides is 3. The number of likely N-dealkylation sites (tertiary alicyclic amines) is 1. The standard InChI is InChI=1S/C52H58N6O7/c1-35(54-34-47(60)43-19-21-46(59)51-44(43)20-22-49(62)57-51)31-37-13-11-36(12-14-37)23-27-53-50(63)32-38-15-17-39(18-16-38)33-55-48(61)26-30-58-28-24-41(25-29-58)65-52(64)56-45-10-6-5-9-42(45)40-7-3-2-4-8-40/h2-22,35,41,47,54,59-60H,23-34H2,1H3,(H,53,63)(H,55,61)(H,56,64)(H,57,62)/t35-,47+/m1/s1. The number of phenols is 1. The Hall–Kier alpha value is -6.80. The van der Waals surface area contributed by atoms with E-state index in [0.29, 0.717) is 74.0 Å². The maximum atomic E-state index is 12.8. The van der Waals surface area contributed by atoms with Crippen molar-refractivity contribution in [2.75, 3.05) is 38.0 Å². The number of nitrogens with zero attached hydrogens (tertiary/aromatic N) is 1. The molecule has 0 radical (unpaired) electrons. The van der Waals surface area contributed by atoms with Gasteiger partial charge in [0.2, 0.25) is 17.4 Å². The number of benzene rings is 5. The van der Waals surface area contributed by atoms with Gasteiger partial charge >= 0.3 is 6.09 Å². The SMILES string of the molecule is C[C@H](Cc1ccc(CCNC(=O)Cc2ccc(CNC(=O)CCN3CCC(OC(=O)Nc4ccccc4-c4ccccc4)CC3)cc2)cc1)NC[C@H](O)c1ccc(O)c2[nH]c(=O)ccc12. The maximum absolute atomic E-state index is 12.8. The summed E-state index contributed by atoms with van der Waals surface area (Å²) in [6.07, 6.45) is 2.04. The van der Waals surface area contributed by atoms with Crippen LogP contribution >= 0.6 is 0 Å². The lowest BCUT2D eigenvalue weighted by Gasteiger charge is -2.31. The Labute approximate surface area is 379 Å². The van der Waals surface area contributed by atoms with E-state index in [0.717, 1.165) is 52.9 Å². The lowest BCUT2D eigenvalue weighted by molar-refractivity contribution is -0.122. The van der Waals surface area contributed by atoms with E-state index >= 15 is 0 Å². The van der Waals surface area contributed by atoms with Crippen LogP contribution in [0.5, 0.6) is 5.75 Å². The van der Waals surface area contributed by atoms with Gasteiger partial charge < -0.3 is 40.8 Å². The summed E-state index contributed by atoms with van der Waals surface area (Å²) in [5.74, 6) is -0.124. The van der Waals surface area contributed by atoms with Crippen molar-refractivity contribution in [1.29, 1.82) is 0 Å². The number of piperidine rings is 1. The second-order valence-corrected chi connectivity index (χ2v) is 16.7. The highest BCUT2D eigenvalue weighted by atomic mass is 16.6. The highest BCUT2D eigenvalue weighted by Crippen LogP contribution is 2.30. The third-order valence-electron chi connectivity index (χ3n) is 11.8. The lowest BCUT2D eigenvalue weighted by Crippen LogP contribution is -2.40. The molecule has 1 aliphatic rings. The first-order valence-corrected chi connectivity index (χ1v) is 22.4. The minimum Gasteiger partial charge on any atom is -0.506 e. The fraction of sp³-hybridized carbons (Fsp3) is 0.308. The number of aromatic nitrogens is 1. The van der Waals surface area contributed by atoms with Crippen LogP contribution in [0.2, 0.25) is 0 Å². The lowest BCUT2D eigenvalue weighted by atomic mass is 10.0. The number of pyridine rings is 1. The Bertz CT molecular complexity index is 2570. The van der Waals surface area contributed by atoms with Crippen molar-refractivity contribution < 1.29 is 29.3 Å². The van der Waals surface area contributed by atoms with Gasteiger partial charge in [-0.25, -0.2) is 4.79 Å². The van der Waals surface area contributed by atoms with Crippen LogP contribution in [-0.4, -0.2) is 82.9 Å². The number of aliphatic hydroxyl groups is 1. The molecule has 65 heavy (non-hydrogen) atoms. The van der Waals surface area contributed by atoms with Crippen molar-refractivity contribution in [3.63, 3.8) is 0 Å². The zero-order valence-electron chi connectivity index (χ0n) is 36.7. The van der Waals surface area contributed by atoms with Crippen molar-refractivity contribution >= 4 is 34.5 Å². The number of ether oxygens (including phenoxy) is 1. The molecular formula is C52H58N6O7. The number of aliphatic hydroxyl groups excluding tert-OH is 1. The Morgan fingerprint density at radius 3 is 2.25 bits per heavy atom. The minimum absolute atomic E-state index is 0.0285. The average Bonchev–Trinajstić information content (AvgIpc) is 3.31. The highest BCUT2D eigenvalue weighted by Gasteiger charge is 2.23. The van der Waals surface area contributed by atoms with Gasteiger partial charge in [0.1, 0.15) is 11.9 Å². The molecule has 6 aromatic rings. The zero-order chi connectivity index (χ0) is 45.5. The molecule has 1 saturated heterocycles. The summed E-state index contributed by atoms with van der Waals surface area (Å²) in [4.78, 5) is 54.8. The smallest absolute Gasteiger partial charge is 0.411 e. The summed E-state index contributed by atoms with van der Waals surface area (Å²) >= 11 is 0. The second kappa shape index (κ2) is 22.7. The van der Waals surface area contributed by atoms with Crippen molar-refractivity contribution in [2.24, 2.45) is 0 Å². The number of phenolic OH excluding ortho intramolecular Hbond substituents is 1. The topological polar surface area (TPSA) is 185 Å². The molecule has 13 heteroatoms. The second-order valence-electron chi connectivity index (χ2n) is 16.7. The number of carbonyl (C=O) groups is 3. The average molecular weight is 879 g/mol. The molecule has 0 aliphatic carbocycles. The van der Waals surface area contributed by atoms with Crippen LogP contribution in [-0.2, 0) is 40.1 Å². The van der Waals surface area contributed by atoms with E-state index < -0.39 is 12.2 Å². The van der Waals surface area contributed by atoms with Crippen LogP contribution in [0.4, 0.5) is 10.5 Å². The van der Waals surface area contributed by atoms with Crippen LogP contribution in [0.15, 0.2) is 132 Å². The highest BCUT2D eigenvalue weighted by molar-refractivity contribution is 5.91. The quantitative estimate of drug-likeness (QED) is 0.0461. The van der Waals surface area contributed by atoms with Crippen LogP contribution in [0.3, 0.4) is 0 Å². The molecule has 0 spiro atoms. The summed E-state index contributed by atoms with van der Waals surface area (Å²) in [5.41, 5.74) is 7.38. The van der Waals surface area contributed by atoms with Gasteiger partial charge in [-0.3, -0.25) is 19.7 Å². The molecule has 338 valence electrons. The number of carbonyl (C=O) groups excluding carboxylic acids is 3. The Morgan fingerprint density at radius 2 is 1.48 bits per heavy atom. The predicted octanol–water partition coefficient (Wildman–Crippen LogP) is 6.78. The van der Waals surface area contributed by atoms with E-state index in [4.69, 9.17) is 4.74 Å². The van der Waals surface area contributed by atoms with Crippen LogP contribution in [0, 0.1) is 0 Å². The first kappa shape index (κ1) is 46.2. The molecule has 7 rings (SSSR count). The number of hydrogen-bond donors (Lipinski definition) is 7. The van der Waals surface area contributed by atoms with Crippen LogP contribution < -0.4 is 26.8 Å². The molecule has 1 aromatic heterocycles. The molecule has 7 N–H and O–H groups in total. The molecule has 2 heterocycles. The van der Waals surface area contributed by atoms with Gasteiger partial charge in [-0.05, 0) is 84.2 Å². The third-order valence-corrected chi connectivity index (χ3v) is 11.8. The number of para-hydroxylation sites is 1. The Kier molecular flexibility index (Phi) is 16.1. The fourth-order valence-electron chi connectivity index (χ4n) is 8.16. The van der Waals surface area contributed by atoms with Crippen LogP contribution in [0.25, 0.3) is 22.0 Å². The number of fused-ring (bicyclic) bond motifs is 1. The van der Waals surface area contributed by atoms with Gasteiger partial charge in [-0.2, -0.15) is 0 Å². The number of rotatable bonds is 19. The number of hydrogen-bond acceptors (Lipinski definition) is 9. The molecule has 0 saturated carbocycles. The normalized spacial score (nSPS) is 14.1. The summed E-state index contributed by atoms with van der Waals surface area (Å²) in [6.45, 7) is 5.41. The fourth-order valence-corrected chi connectivity index (χ4v) is 8.16. The van der Waals surface area contributed by atoms with Gasteiger partial charge in [-0.1, -0.05) is 103 Å². The van der Waals surface area contributed by atoms with E-state index in [9.17, 15) is 29.4 Å². The molecule has 1 aliphatic heterocycles. The molecule has 0 unspecified atom stereocenters. The monoisotopic (exact) mass is 878 g/mol. The summed E-state index contributed by atoms with van der Waals surface area (Å²) in [5, 5.41) is 34.0. The first-order chi connectivity index (χ1) is 31.6. The molecule has 0 bridgehead atoms. The van der Waals surface area contributed by atoms with Crippen molar-refractivity contribution in [3.8, 4) is 16.9 Å². The predicted molar refractivity (Wildman–Crippen MR) is 254 cm³/mol. The van der Waals surface area contributed by atoms with Gasteiger partial charge in [0.25, 0.3) is 0 Å². The molecular weight excluding hydrogens is 821 g/mol. The summed E-state index contributed by atoms with van der Waals surface area (Å²) in [7, 11) is 0. The van der Waals surface area contributed by atoms with Crippen LogP contribution in [0.1, 0.15) is 60.1 Å². The number of aromatic amines is 1. The first-order valence-electron chi connectivity index (χ1n) is 22.4. The number of anilines is 1. The Balaban J connectivity index is 0.734. The minimum atomic E-state index is -0.830. The largest absolute Gasteiger partial charge is 0.506 e. The molecule has 5 aromatic carbocycles. The van der Waals surface area contributed by atoms with E-state index in [1.165, 1.54) is 12.1 Å². The number of nitrogens with one attached hydrogen (secondary N) is 5. The molecule has 3 amide bonds. The van der Waals surface area contributed by atoms with E-state index in [1.54, 1.807) is 12.1 Å². The van der Waals surface area contributed by atoms with E-state index in [1.807, 2.05) is 78.9 Å². The molecule has 13 nitrogen and oxygen atoms in total. The summed E-state index contributed by atoms with van der Waals surface area (Å²) < 4.78 is 5.76. The molecule has 1 fully saturated rings. The third kappa shape index (κ3) is 13.6. The Morgan fingerprint density at radius 1 is 0.785 bits per heavy atom. The van der Waals surface area contributed by atoms with E-state index in [2.05, 4.69) is 62.3 Å². The number of aromatic hydroxyl groups is 1. The summed E-state index contributed by atoms with van der Waals surface area (Å²) in [6, 6.07) is 39.8. The van der Waals surface area contributed by atoms with Crippen molar-refractivity contribution in [3.05, 3.63) is 166 Å². The molecule has 2 atom stereocenters. The van der Waals surface area contributed by atoms with Gasteiger partial charge in [0.05, 0.1) is 23.7 Å². The van der Waals surface area contributed by atoms with Crippen molar-refractivity contribution in [2.45, 2.75) is 70.2 Å². The van der Waals surface area contributed by atoms with E-state index in [-0.39, 0.29) is 41.7 Å².